The van der Waals surface area contributed by atoms with Gasteiger partial charge < -0.3 is 35.1 Å². The van der Waals surface area contributed by atoms with Gasteiger partial charge in [-0.15, -0.1) is 0 Å². The number of phosphoric acid groups is 2. The van der Waals surface area contributed by atoms with Crippen LogP contribution in [-0.2, 0) is 36.7 Å². The van der Waals surface area contributed by atoms with Gasteiger partial charge >= 0.3 is 15.6 Å². The maximum Gasteiger partial charge on any atom is 0.472 e. The Hall–Kier alpha value is -4.09. The Morgan fingerprint density at radius 1 is 0.936 bits per heavy atom. The molecule has 47 heavy (non-hydrogen) atoms. The van der Waals surface area contributed by atoms with Gasteiger partial charge in [-0.2, -0.15) is 4.98 Å². The minimum absolute atomic E-state index is 0.0266. The van der Waals surface area contributed by atoms with Gasteiger partial charge in [0.2, 0.25) is 5.95 Å². The van der Waals surface area contributed by atoms with Gasteiger partial charge in [0, 0.05) is 4.91 Å². The Labute approximate surface area is 258 Å². The lowest BCUT2D eigenvalue weighted by atomic mass is 10.1. The van der Waals surface area contributed by atoms with E-state index in [0.29, 0.717) is 0 Å². The van der Waals surface area contributed by atoms with Crippen molar-refractivity contribution in [3.05, 3.63) is 50.1 Å². The first-order chi connectivity index (χ1) is 22.4. The number of nitrogens with two attached hydrogens (primary N) is 1. The fourth-order valence-corrected chi connectivity index (χ4v) is 7.39. The molecule has 3 aliphatic rings. The van der Waals surface area contributed by atoms with Crippen molar-refractivity contribution in [3.63, 3.8) is 0 Å². The molecule has 7 N–H and O–H groups in total. The zero-order valence-corrected chi connectivity index (χ0v) is 25.0. The smallest absolute Gasteiger partial charge is 0.386 e. The zero-order valence-electron chi connectivity index (χ0n) is 23.2. The average Bonchev–Trinajstić information content (AvgIpc) is 3.76. The fraction of sp³-hybridized carbons (Fsp3) is 0.500. The largest absolute Gasteiger partial charge is 0.472 e. The van der Waals surface area contributed by atoms with E-state index in [9.17, 15) is 39.1 Å². The van der Waals surface area contributed by atoms with Gasteiger partial charge in [0.25, 0.3) is 11.1 Å². The van der Waals surface area contributed by atoms with Crippen LogP contribution in [0, 0.1) is 0 Å². The molecule has 2 bridgehead atoms. The highest BCUT2D eigenvalue weighted by atomic mass is 31.2. The number of azide groups is 1. The maximum atomic E-state index is 13.3. The van der Waals surface area contributed by atoms with Crippen LogP contribution in [0.25, 0.3) is 32.8 Å². The monoisotopic (exact) mass is 700 g/mol. The van der Waals surface area contributed by atoms with Crippen molar-refractivity contribution in [2.45, 2.75) is 49.0 Å². The Kier molecular flexibility index (Phi) is 7.75. The highest BCUT2D eigenvalue weighted by Crippen LogP contribution is 2.54. The summed E-state index contributed by atoms with van der Waals surface area (Å²) in [5, 5.41) is 14.7. The summed E-state index contributed by atoms with van der Waals surface area (Å²) in [6.45, 7) is -1.72. The summed E-state index contributed by atoms with van der Waals surface area (Å²) in [7, 11) is -10.3. The van der Waals surface area contributed by atoms with Gasteiger partial charge in [-0.1, -0.05) is 5.11 Å². The molecule has 4 aromatic rings. The molecule has 2 unspecified atom stereocenters. The molecule has 7 heterocycles. The zero-order chi connectivity index (χ0) is 33.2. The van der Waals surface area contributed by atoms with E-state index in [0.717, 1.165) is 28.1 Å². The van der Waals surface area contributed by atoms with Crippen LogP contribution < -0.4 is 16.9 Å². The van der Waals surface area contributed by atoms with E-state index >= 15 is 0 Å². The number of imidazole rings is 2. The summed E-state index contributed by atoms with van der Waals surface area (Å²) in [5.41, 5.74) is 13.2. The number of H-pyrrole nitrogens is 2. The van der Waals surface area contributed by atoms with Gasteiger partial charge in [0.05, 0.1) is 44.3 Å². The van der Waals surface area contributed by atoms with Gasteiger partial charge in [-0.05, 0) is 5.53 Å². The summed E-state index contributed by atoms with van der Waals surface area (Å²) in [6, 6.07) is -1.51. The first kappa shape index (κ1) is 31.5. The summed E-state index contributed by atoms with van der Waals surface area (Å²) >= 11 is 0. The van der Waals surface area contributed by atoms with Gasteiger partial charge in [0.1, 0.15) is 24.4 Å². The topological polar surface area (TPSA) is 352 Å². The molecule has 250 valence electrons. The fourth-order valence-electron chi connectivity index (χ4n) is 5.49. The minimum atomic E-state index is -5.18. The number of aromatic amines is 2. The van der Waals surface area contributed by atoms with Crippen molar-refractivity contribution in [1.29, 1.82) is 0 Å². The van der Waals surface area contributed by atoms with Crippen molar-refractivity contribution in [2.75, 3.05) is 18.9 Å². The van der Waals surface area contributed by atoms with E-state index in [1.165, 1.54) is 0 Å². The van der Waals surface area contributed by atoms with E-state index in [2.05, 4.69) is 39.9 Å². The predicted octanol–water partition coefficient (Wildman–Crippen LogP) is -1.31. The van der Waals surface area contributed by atoms with Gasteiger partial charge in [-0.3, -0.25) is 41.8 Å². The molecule has 3 aliphatic heterocycles. The molecule has 0 aromatic carbocycles. The molecule has 25 nitrogen and oxygen atoms in total. The normalized spacial score (nSPS) is 36.3. The van der Waals surface area contributed by atoms with E-state index < -0.39 is 89.0 Å². The highest BCUT2D eigenvalue weighted by molar-refractivity contribution is 7.47. The van der Waals surface area contributed by atoms with Crippen LogP contribution >= 0.6 is 15.6 Å². The second kappa shape index (κ2) is 11.6. The molecule has 0 radical (unpaired) electrons. The Balaban J connectivity index is 1.24. The van der Waals surface area contributed by atoms with Crippen LogP contribution in [0.4, 0.5) is 5.95 Å². The van der Waals surface area contributed by atoms with Crippen LogP contribution in [0.1, 0.15) is 12.5 Å². The van der Waals surface area contributed by atoms with E-state index in [1.54, 1.807) is 0 Å². The van der Waals surface area contributed by atoms with E-state index in [1.807, 2.05) is 0 Å². The standard InChI is InChI=1S/C20H22N12O13P2/c21-20-27-15-10(17(35)28-20)26-5-32(15)19-13-8(29-30-22)6(42-19)1-40-46(36,37)44-12-7(2-41-47(38,39)45-13)43-18(11(12)33)31-4-25-9-14(31)23-3-24-16(9)34/h3-8,11-13,18-19,33H,1-2H2,(H,36,37)(H,38,39)(H,23,24,34)(H3,21,27,28,35)/t6-,7-,8-,11-,12-,13-,18-,19-/m1/s1. The summed E-state index contributed by atoms with van der Waals surface area (Å²) in [4.78, 5) is 69.2. The third-order valence-electron chi connectivity index (χ3n) is 7.49. The van der Waals surface area contributed by atoms with E-state index in [-0.39, 0.29) is 28.3 Å². The molecule has 7 rings (SSSR count). The summed E-state index contributed by atoms with van der Waals surface area (Å²) in [6.07, 6.45) is -7.86. The lowest BCUT2D eigenvalue weighted by Gasteiger charge is -2.26. The highest BCUT2D eigenvalue weighted by Gasteiger charge is 2.54. The van der Waals surface area contributed by atoms with Crippen LogP contribution in [0.2, 0.25) is 0 Å². The van der Waals surface area contributed by atoms with Crippen molar-refractivity contribution in [1.82, 2.24) is 39.0 Å². The third kappa shape index (κ3) is 5.63. The Bertz CT molecular complexity index is 2130. The number of hydrogen-bond donors (Lipinski definition) is 6. The number of nitrogen functional groups attached to an aromatic ring is 1. The maximum absolute atomic E-state index is 13.3. The molecule has 3 fully saturated rings. The number of rotatable bonds is 3. The number of hydrogen-bond acceptors (Lipinski definition) is 17. The number of nitrogens with one attached hydrogen (secondary N) is 2. The molecule has 4 aromatic heterocycles. The molecule has 10 atom stereocenters. The predicted molar refractivity (Wildman–Crippen MR) is 149 cm³/mol. The first-order valence-electron chi connectivity index (χ1n) is 13.3. The van der Waals surface area contributed by atoms with Crippen molar-refractivity contribution in [2.24, 2.45) is 5.11 Å². The number of aromatic nitrogens is 8. The lowest BCUT2D eigenvalue weighted by molar-refractivity contribution is -0.0670. The van der Waals surface area contributed by atoms with Crippen molar-refractivity contribution < 1.29 is 51.6 Å². The second-order valence-electron chi connectivity index (χ2n) is 10.3. The Morgan fingerprint density at radius 2 is 1.55 bits per heavy atom. The van der Waals surface area contributed by atoms with Crippen molar-refractivity contribution in [3.8, 4) is 0 Å². The molecule has 0 amide bonds. The number of aliphatic hydroxyl groups is 1. The van der Waals surface area contributed by atoms with Crippen LogP contribution in [0.5, 0.6) is 0 Å². The average molecular weight is 700 g/mol. The minimum Gasteiger partial charge on any atom is -0.386 e. The number of fused-ring (bicyclic) bond motifs is 5. The molecule has 3 saturated heterocycles. The van der Waals surface area contributed by atoms with Gasteiger partial charge in [-0.25, -0.2) is 24.1 Å². The molecule has 0 aliphatic carbocycles. The molecular formula is C20H22N12O13P2. The van der Waals surface area contributed by atoms with Gasteiger partial charge in [0.15, 0.2) is 34.8 Å². The number of aliphatic hydroxyl groups excluding tert-OH is 1. The third-order valence-corrected chi connectivity index (χ3v) is 9.46. The number of anilines is 1. The van der Waals surface area contributed by atoms with E-state index in [4.69, 9.17) is 33.3 Å². The molecule has 0 saturated carbocycles. The number of ether oxygens (including phenoxy) is 2. The van der Waals surface area contributed by atoms with Crippen molar-refractivity contribution >= 4 is 43.9 Å². The SMILES string of the molecule is [N-]=[N+]=N[C@H]1[C@H]2OP(=O)(O)OC[C@H]3O[C@@H](n4cnc5c(=O)[nH]cnc54)[C@H](O)[C@@H]3OP(=O)(O)OC[C@H]1O[C@H]2n1cnc2c(=O)[nH]c(N)nc21. The quantitative estimate of drug-likeness (QED) is 0.0625. The molecule has 27 heteroatoms. The lowest BCUT2D eigenvalue weighted by Crippen LogP contribution is -2.36. The summed E-state index contributed by atoms with van der Waals surface area (Å²) < 4.78 is 61.5. The van der Waals surface area contributed by atoms with Crippen LogP contribution in [-0.4, -0.2) is 104 Å². The van der Waals surface area contributed by atoms with Crippen LogP contribution in [0.3, 0.4) is 0 Å². The number of phosphoric ester groups is 2. The summed E-state index contributed by atoms with van der Waals surface area (Å²) in [5.74, 6) is -0.305. The number of nitrogens with zero attached hydrogens (tertiary/aromatic N) is 9. The second-order valence-corrected chi connectivity index (χ2v) is 13.1. The first-order valence-corrected chi connectivity index (χ1v) is 16.3. The molecular weight excluding hydrogens is 678 g/mol. The molecule has 0 spiro atoms. The van der Waals surface area contributed by atoms with Crippen LogP contribution in [0.15, 0.2) is 33.7 Å². The Morgan fingerprint density at radius 3 is 2.26 bits per heavy atom.